The van der Waals surface area contributed by atoms with Crippen molar-refractivity contribution in [3.05, 3.63) is 48.5 Å². The van der Waals surface area contributed by atoms with E-state index in [1.165, 1.54) is 9.79 Å². The van der Waals surface area contributed by atoms with Crippen molar-refractivity contribution in [2.75, 3.05) is 18.6 Å². The van der Waals surface area contributed by atoms with Gasteiger partial charge in [-0.1, -0.05) is 37.6 Å². The van der Waals surface area contributed by atoms with Gasteiger partial charge in [-0.15, -0.1) is 23.5 Å². The summed E-state index contributed by atoms with van der Waals surface area (Å²) in [5, 5.41) is 0. The zero-order valence-electron chi connectivity index (χ0n) is 15.4. The average molecular weight is 390 g/mol. The first-order chi connectivity index (χ1) is 12.7. The quantitative estimate of drug-likeness (QED) is 0.652. The van der Waals surface area contributed by atoms with Crippen LogP contribution >= 0.6 is 23.5 Å². The molecule has 3 rings (SSSR count). The number of ether oxygens (including phenoxy) is 2. The molecule has 0 radical (unpaired) electrons. The molecule has 0 bridgehead atoms. The summed E-state index contributed by atoms with van der Waals surface area (Å²) in [7, 11) is 1.73. The number of methoxy groups -OCH3 is 1. The Hall–Kier alpha value is -1.30. The molecule has 1 aliphatic heterocycles. The van der Waals surface area contributed by atoms with Gasteiger partial charge in [-0.3, -0.25) is 5.73 Å². The topological polar surface area (TPSA) is 44.5 Å². The van der Waals surface area contributed by atoms with Crippen LogP contribution in [0.5, 0.6) is 11.5 Å². The average Bonchev–Trinajstić information content (AvgIpc) is 2.83. The van der Waals surface area contributed by atoms with Crippen LogP contribution < -0.4 is 15.2 Å². The van der Waals surface area contributed by atoms with Gasteiger partial charge in [0.05, 0.1) is 7.11 Å². The van der Waals surface area contributed by atoms with Crippen LogP contribution in [0.3, 0.4) is 0 Å². The lowest BCUT2D eigenvalue weighted by molar-refractivity contribution is 0.135. The molecular formula is C21H27NO2S2. The summed E-state index contributed by atoms with van der Waals surface area (Å²) in [6.07, 6.45) is 1.99. The molecule has 3 nitrogen and oxygen atoms in total. The Morgan fingerprint density at radius 2 is 2.00 bits per heavy atom. The third-order valence-corrected chi connectivity index (χ3v) is 7.32. The number of rotatable bonds is 7. The predicted octanol–water partition coefficient (Wildman–Crippen LogP) is 5.29. The molecule has 1 unspecified atom stereocenters. The van der Waals surface area contributed by atoms with Gasteiger partial charge < -0.3 is 9.47 Å². The van der Waals surface area contributed by atoms with E-state index in [2.05, 4.69) is 31.2 Å². The van der Waals surface area contributed by atoms with E-state index in [1.807, 2.05) is 47.8 Å². The molecule has 0 amide bonds. The summed E-state index contributed by atoms with van der Waals surface area (Å²) in [5.41, 5.74) is 6.39. The second-order valence-electron chi connectivity index (χ2n) is 6.57. The van der Waals surface area contributed by atoms with Crippen molar-refractivity contribution in [3.63, 3.8) is 0 Å². The number of hydrogen-bond acceptors (Lipinski definition) is 5. The fourth-order valence-electron chi connectivity index (χ4n) is 3.13. The smallest absolute Gasteiger partial charge is 0.151 e. The van der Waals surface area contributed by atoms with Gasteiger partial charge in [0.1, 0.15) is 11.5 Å². The van der Waals surface area contributed by atoms with Gasteiger partial charge in [0.25, 0.3) is 0 Å². The molecule has 3 atom stereocenters. The largest absolute Gasteiger partial charge is 0.496 e. The van der Waals surface area contributed by atoms with Gasteiger partial charge in [0.2, 0.25) is 0 Å². The Kier molecular flexibility index (Phi) is 7.17. The van der Waals surface area contributed by atoms with E-state index in [4.69, 9.17) is 15.2 Å². The summed E-state index contributed by atoms with van der Waals surface area (Å²) in [6.45, 7) is 2.26. The summed E-state index contributed by atoms with van der Waals surface area (Å²) in [5.74, 6) is 4.91. The minimum Gasteiger partial charge on any atom is -0.496 e. The zero-order chi connectivity index (χ0) is 18.4. The van der Waals surface area contributed by atoms with Crippen molar-refractivity contribution in [1.29, 1.82) is 0 Å². The molecule has 5 heteroatoms. The SMILES string of the molecule is CC[C@H](CSc1ccccc1OC)C[C@H]1CSc2ccccc2OC1N. The maximum absolute atomic E-state index is 6.39. The van der Waals surface area contributed by atoms with Crippen molar-refractivity contribution in [2.45, 2.75) is 35.8 Å². The number of nitrogens with two attached hydrogens (primary N) is 1. The standard InChI is InChI=1S/C21H27NO2S2/c1-3-15(13-25-19-10-6-4-8-17(19)23-2)12-16-14-26-20-11-7-5-9-18(20)24-21(16)22/h4-11,15-16,21H,3,12-14,22H2,1-2H3/t15-,16-,21?/m0/s1. The van der Waals surface area contributed by atoms with Crippen LogP contribution in [-0.2, 0) is 0 Å². The molecule has 2 aromatic rings. The Morgan fingerprint density at radius 1 is 1.23 bits per heavy atom. The Balaban J connectivity index is 1.59. The fraction of sp³-hybridized carbons (Fsp3) is 0.429. The van der Waals surface area contributed by atoms with Crippen LogP contribution in [0.15, 0.2) is 58.3 Å². The molecule has 26 heavy (non-hydrogen) atoms. The number of benzene rings is 2. The van der Waals surface area contributed by atoms with Crippen LogP contribution in [0.25, 0.3) is 0 Å². The van der Waals surface area contributed by atoms with E-state index in [9.17, 15) is 0 Å². The van der Waals surface area contributed by atoms with E-state index in [1.54, 1.807) is 7.11 Å². The maximum atomic E-state index is 6.39. The van der Waals surface area contributed by atoms with Gasteiger partial charge in [-0.2, -0.15) is 0 Å². The molecular weight excluding hydrogens is 362 g/mol. The normalized spacial score (nSPS) is 20.6. The van der Waals surface area contributed by atoms with E-state index >= 15 is 0 Å². The first-order valence-electron chi connectivity index (χ1n) is 9.11. The minimum atomic E-state index is -0.239. The van der Waals surface area contributed by atoms with Crippen LogP contribution in [0, 0.1) is 11.8 Å². The van der Waals surface area contributed by atoms with Crippen molar-refractivity contribution in [1.82, 2.24) is 0 Å². The molecule has 2 N–H and O–H groups in total. The van der Waals surface area contributed by atoms with Crippen LogP contribution in [-0.4, -0.2) is 24.8 Å². The monoisotopic (exact) mass is 389 g/mol. The Morgan fingerprint density at radius 3 is 2.81 bits per heavy atom. The fourth-order valence-corrected chi connectivity index (χ4v) is 5.54. The first kappa shape index (κ1) is 19.5. The predicted molar refractivity (Wildman–Crippen MR) is 111 cm³/mol. The Bertz CT molecular complexity index is 710. The Labute approximate surface area is 165 Å². The van der Waals surface area contributed by atoms with E-state index in [0.29, 0.717) is 11.8 Å². The number of fused-ring (bicyclic) bond motifs is 1. The summed E-state index contributed by atoms with van der Waals surface area (Å²) in [6, 6.07) is 16.4. The molecule has 0 aromatic heterocycles. The van der Waals surface area contributed by atoms with Gasteiger partial charge in [0, 0.05) is 27.2 Å². The number of thioether (sulfide) groups is 2. The number of para-hydroxylation sites is 2. The minimum absolute atomic E-state index is 0.239. The molecule has 2 aromatic carbocycles. The lowest BCUT2D eigenvalue weighted by Crippen LogP contribution is -2.37. The molecule has 140 valence electrons. The molecule has 0 saturated carbocycles. The van der Waals surface area contributed by atoms with Crippen LogP contribution in [0.2, 0.25) is 0 Å². The maximum Gasteiger partial charge on any atom is 0.151 e. The second kappa shape index (κ2) is 9.58. The van der Waals surface area contributed by atoms with Crippen molar-refractivity contribution in [2.24, 2.45) is 17.6 Å². The third kappa shape index (κ3) is 4.90. The van der Waals surface area contributed by atoms with Crippen LogP contribution in [0.1, 0.15) is 19.8 Å². The lowest BCUT2D eigenvalue weighted by atomic mass is 9.94. The van der Waals surface area contributed by atoms with Gasteiger partial charge in [-0.05, 0) is 36.6 Å². The molecule has 1 heterocycles. The van der Waals surface area contributed by atoms with E-state index in [-0.39, 0.29) is 6.23 Å². The number of hydrogen-bond donors (Lipinski definition) is 1. The van der Waals surface area contributed by atoms with Crippen molar-refractivity contribution >= 4 is 23.5 Å². The van der Waals surface area contributed by atoms with E-state index < -0.39 is 0 Å². The highest BCUT2D eigenvalue weighted by atomic mass is 32.2. The zero-order valence-corrected chi connectivity index (χ0v) is 17.0. The highest BCUT2D eigenvalue weighted by Gasteiger charge is 2.27. The molecule has 0 aliphatic carbocycles. The lowest BCUT2D eigenvalue weighted by Gasteiger charge is -2.25. The van der Waals surface area contributed by atoms with Gasteiger partial charge in [0.15, 0.2) is 6.23 Å². The summed E-state index contributed by atoms with van der Waals surface area (Å²) >= 11 is 3.74. The molecule has 1 aliphatic rings. The summed E-state index contributed by atoms with van der Waals surface area (Å²) < 4.78 is 11.5. The molecule has 0 saturated heterocycles. The summed E-state index contributed by atoms with van der Waals surface area (Å²) in [4.78, 5) is 2.40. The van der Waals surface area contributed by atoms with Gasteiger partial charge >= 0.3 is 0 Å². The first-order valence-corrected chi connectivity index (χ1v) is 11.1. The highest BCUT2D eigenvalue weighted by Crippen LogP contribution is 2.38. The third-order valence-electron chi connectivity index (χ3n) is 4.79. The van der Waals surface area contributed by atoms with E-state index in [0.717, 1.165) is 35.8 Å². The second-order valence-corrected chi connectivity index (χ2v) is 8.70. The van der Waals surface area contributed by atoms with Crippen molar-refractivity contribution in [3.8, 4) is 11.5 Å². The molecule has 0 fully saturated rings. The highest BCUT2D eigenvalue weighted by molar-refractivity contribution is 7.99. The molecule has 0 spiro atoms. The van der Waals surface area contributed by atoms with Crippen LogP contribution in [0.4, 0.5) is 0 Å². The van der Waals surface area contributed by atoms with Crippen molar-refractivity contribution < 1.29 is 9.47 Å². The van der Waals surface area contributed by atoms with Gasteiger partial charge in [-0.25, -0.2) is 0 Å².